The Hall–Kier alpha value is -3.03. The minimum atomic E-state index is -4.98. The van der Waals surface area contributed by atoms with E-state index in [0.717, 1.165) is 40.7 Å². The third kappa shape index (κ3) is 5.23. The predicted molar refractivity (Wildman–Crippen MR) is 139 cm³/mol. The maximum atomic E-state index is 13.9. The first-order chi connectivity index (χ1) is 19.1. The van der Waals surface area contributed by atoms with Crippen LogP contribution < -0.4 is 10.0 Å². The third-order valence-electron chi connectivity index (χ3n) is 8.56. The molecule has 8 nitrogen and oxygen atoms in total. The quantitative estimate of drug-likeness (QED) is 0.446. The summed E-state index contributed by atoms with van der Waals surface area (Å²) in [6, 6.07) is 6.52. The second kappa shape index (κ2) is 10.4. The molecule has 13 heteroatoms. The van der Waals surface area contributed by atoms with E-state index in [0.29, 0.717) is 19.8 Å². The molecule has 41 heavy (non-hydrogen) atoms. The van der Waals surface area contributed by atoms with Crippen molar-refractivity contribution in [2.75, 3.05) is 4.31 Å². The molecule has 3 heterocycles. The van der Waals surface area contributed by atoms with Crippen molar-refractivity contribution in [1.82, 2.24) is 0 Å². The van der Waals surface area contributed by atoms with Crippen molar-refractivity contribution >= 4 is 27.4 Å². The highest BCUT2D eigenvalue weighted by atomic mass is 32.2. The molecule has 6 atom stereocenters. The number of nitrogens with zero attached hydrogens (tertiary/aromatic N) is 1. The van der Waals surface area contributed by atoms with Crippen molar-refractivity contribution in [2.45, 2.75) is 80.4 Å². The SMILES string of the molecule is CC(O)(c1ccc2c(c1)CC[C@@H](CC(=O)C[C@@H]1C3CCC(O3)[C@@H]1C(N)=O)N2S(=O)(=O)c1ccc(F)cc1)C(F)(F)F. The summed E-state index contributed by atoms with van der Waals surface area (Å²) < 4.78 is 88.7. The smallest absolute Gasteiger partial charge is 0.376 e. The molecule has 222 valence electrons. The first-order valence-electron chi connectivity index (χ1n) is 13.3. The molecule has 0 aliphatic carbocycles. The average Bonchev–Trinajstić information content (AvgIpc) is 3.49. The zero-order valence-corrected chi connectivity index (χ0v) is 22.9. The molecule has 3 unspecified atom stereocenters. The molecule has 0 saturated carbocycles. The van der Waals surface area contributed by atoms with Crippen LogP contribution in [0.3, 0.4) is 0 Å². The standard InChI is InChI=1S/C28H30F4N2O6S/c1-27(37,28(30,31)32)16-3-9-22-15(12-16)2-6-18(34(22)41(38,39)20-7-4-17(29)5-8-20)13-19(35)14-21-23-10-11-24(40-23)25(21)26(33)36/h3-5,7-9,12,18,21,23-25,37H,2,6,10-11,13-14H2,1H3,(H2,33,36)/t18-,21+,23?,24?,25+,27?/m0/s1. The first kappa shape index (κ1) is 29.5. The van der Waals surface area contributed by atoms with Gasteiger partial charge in [-0.05, 0) is 74.1 Å². The first-order valence-corrected chi connectivity index (χ1v) is 14.7. The number of halogens is 4. The molecule has 3 aliphatic heterocycles. The van der Waals surface area contributed by atoms with Gasteiger partial charge in [0.25, 0.3) is 10.0 Å². The Morgan fingerprint density at radius 2 is 1.71 bits per heavy atom. The Morgan fingerprint density at radius 3 is 2.34 bits per heavy atom. The van der Waals surface area contributed by atoms with Gasteiger partial charge < -0.3 is 15.6 Å². The van der Waals surface area contributed by atoms with E-state index in [4.69, 9.17) is 10.5 Å². The van der Waals surface area contributed by atoms with Gasteiger partial charge in [-0.2, -0.15) is 13.2 Å². The minimum absolute atomic E-state index is 0.0318. The number of hydrogen-bond donors (Lipinski definition) is 2. The lowest BCUT2D eigenvalue weighted by Crippen LogP contribution is -2.46. The van der Waals surface area contributed by atoms with Gasteiger partial charge in [0.1, 0.15) is 11.6 Å². The number of sulfonamides is 1. The number of anilines is 1. The predicted octanol–water partition coefficient (Wildman–Crippen LogP) is 3.73. The number of carbonyl (C=O) groups excluding carboxylic acids is 2. The van der Waals surface area contributed by atoms with E-state index in [-0.39, 0.29) is 59.8 Å². The van der Waals surface area contributed by atoms with Crippen LogP contribution in [-0.4, -0.2) is 49.6 Å². The Bertz CT molecular complexity index is 1460. The molecule has 3 N–H and O–H groups in total. The second-order valence-corrected chi connectivity index (χ2v) is 13.0. The van der Waals surface area contributed by atoms with E-state index in [1.807, 2.05) is 0 Å². The molecule has 1 amide bonds. The van der Waals surface area contributed by atoms with Crippen LogP contribution in [0.25, 0.3) is 0 Å². The number of fused-ring (bicyclic) bond motifs is 3. The van der Waals surface area contributed by atoms with Crippen molar-refractivity contribution in [1.29, 1.82) is 0 Å². The normalized spacial score (nSPS) is 27.4. The highest BCUT2D eigenvalue weighted by Gasteiger charge is 2.53. The van der Waals surface area contributed by atoms with Gasteiger partial charge in [0.2, 0.25) is 5.91 Å². The van der Waals surface area contributed by atoms with E-state index in [1.165, 1.54) is 6.07 Å². The fourth-order valence-corrected chi connectivity index (χ4v) is 8.09. The van der Waals surface area contributed by atoms with Crippen LogP contribution in [0.2, 0.25) is 0 Å². The molecule has 0 radical (unpaired) electrons. The fourth-order valence-electron chi connectivity index (χ4n) is 6.37. The number of nitrogens with two attached hydrogens (primary N) is 1. The van der Waals surface area contributed by atoms with Crippen LogP contribution in [0.4, 0.5) is 23.2 Å². The fraction of sp³-hybridized carbons (Fsp3) is 0.500. The van der Waals surface area contributed by atoms with E-state index < -0.39 is 57.0 Å². The monoisotopic (exact) mass is 598 g/mol. The molecule has 0 spiro atoms. The summed E-state index contributed by atoms with van der Waals surface area (Å²) in [5.41, 5.74) is 2.27. The molecule has 2 aromatic carbocycles. The number of ketones is 1. The average molecular weight is 599 g/mol. The molecule has 2 saturated heterocycles. The zero-order valence-electron chi connectivity index (χ0n) is 22.1. The number of benzene rings is 2. The van der Waals surface area contributed by atoms with Crippen molar-refractivity contribution < 1.29 is 45.4 Å². The number of aryl methyl sites for hydroxylation is 1. The number of amides is 1. The van der Waals surface area contributed by atoms with Crippen molar-refractivity contribution in [3.05, 3.63) is 59.4 Å². The molecule has 2 bridgehead atoms. The number of hydrogen-bond acceptors (Lipinski definition) is 6. The van der Waals surface area contributed by atoms with Gasteiger partial charge in [0, 0.05) is 18.8 Å². The number of aliphatic hydroxyl groups is 1. The van der Waals surface area contributed by atoms with Crippen LogP contribution in [0.1, 0.15) is 50.2 Å². The Morgan fingerprint density at radius 1 is 1.05 bits per heavy atom. The molecular weight excluding hydrogens is 568 g/mol. The summed E-state index contributed by atoms with van der Waals surface area (Å²) in [6.45, 7) is 0.616. The lowest BCUT2D eigenvalue weighted by atomic mass is 9.75. The number of primary amides is 1. The number of rotatable bonds is 8. The van der Waals surface area contributed by atoms with Gasteiger partial charge >= 0.3 is 6.18 Å². The maximum Gasteiger partial charge on any atom is 0.421 e. The van der Waals surface area contributed by atoms with Gasteiger partial charge in [-0.15, -0.1) is 0 Å². The van der Waals surface area contributed by atoms with E-state index in [1.54, 1.807) is 0 Å². The van der Waals surface area contributed by atoms with Gasteiger partial charge in [-0.1, -0.05) is 12.1 Å². The Labute approximate surface area is 234 Å². The maximum absolute atomic E-state index is 13.9. The third-order valence-corrected chi connectivity index (χ3v) is 10.4. The Kier molecular flexibility index (Phi) is 7.44. The van der Waals surface area contributed by atoms with Crippen LogP contribution in [0.5, 0.6) is 0 Å². The largest absolute Gasteiger partial charge is 0.421 e. The summed E-state index contributed by atoms with van der Waals surface area (Å²) >= 11 is 0. The van der Waals surface area contributed by atoms with Gasteiger partial charge in [0.15, 0.2) is 5.60 Å². The Balaban J connectivity index is 1.48. The molecule has 5 rings (SSSR count). The summed E-state index contributed by atoms with van der Waals surface area (Å²) in [4.78, 5) is 25.1. The van der Waals surface area contributed by atoms with Crippen LogP contribution in [-0.2, 0) is 36.4 Å². The van der Waals surface area contributed by atoms with Gasteiger partial charge in [-0.3, -0.25) is 13.9 Å². The zero-order chi connectivity index (χ0) is 29.9. The highest BCUT2D eigenvalue weighted by Crippen LogP contribution is 2.46. The summed E-state index contributed by atoms with van der Waals surface area (Å²) in [5, 5.41) is 10.2. The molecule has 2 aromatic rings. The number of carbonyl (C=O) groups is 2. The van der Waals surface area contributed by atoms with Gasteiger partial charge in [0.05, 0.1) is 34.8 Å². The van der Waals surface area contributed by atoms with Crippen LogP contribution in [0.15, 0.2) is 47.4 Å². The number of ether oxygens (including phenoxy) is 1. The van der Waals surface area contributed by atoms with Crippen molar-refractivity contribution in [2.24, 2.45) is 17.6 Å². The second-order valence-electron chi connectivity index (χ2n) is 11.2. The molecule has 0 aromatic heterocycles. The van der Waals surface area contributed by atoms with Crippen LogP contribution in [0, 0.1) is 17.7 Å². The molecule has 2 fully saturated rings. The van der Waals surface area contributed by atoms with E-state index >= 15 is 0 Å². The lowest BCUT2D eigenvalue weighted by Gasteiger charge is -2.39. The van der Waals surface area contributed by atoms with E-state index in [2.05, 4.69) is 0 Å². The summed E-state index contributed by atoms with van der Waals surface area (Å²) in [6.07, 6.45) is -4.24. The summed E-state index contributed by atoms with van der Waals surface area (Å²) in [5.74, 6) is -2.53. The number of alkyl halides is 3. The van der Waals surface area contributed by atoms with Crippen molar-refractivity contribution in [3.63, 3.8) is 0 Å². The number of Topliss-reactive ketones (excluding diaryl/α,β-unsaturated/α-hetero) is 1. The minimum Gasteiger partial charge on any atom is -0.376 e. The summed E-state index contributed by atoms with van der Waals surface area (Å²) in [7, 11) is -4.39. The van der Waals surface area contributed by atoms with Crippen LogP contribution >= 0.6 is 0 Å². The lowest BCUT2D eigenvalue weighted by molar-refractivity contribution is -0.258. The van der Waals surface area contributed by atoms with E-state index in [9.17, 15) is 40.7 Å². The highest BCUT2D eigenvalue weighted by molar-refractivity contribution is 7.92. The molecule has 3 aliphatic rings. The van der Waals surface area contributed by atoms with Crippen molar-refractivity contribution in [3.8, 4) is 0 Å². The van der Waals surface area contributed by atoms with Gasteiger partial charge in [-0.25, -0.2) is 12.8 Å². The topological polar surface area (TPSA) is 127 Å². The molecular formula is C28H30F4N2O6S.